The van der Waals surface area contributed by atoms with E-state index in [9.17, 15) is 19.7 Å². The average Bonchev–Trinajstić information content (AvgIpc) is 2.75. The molecule has 0 aliphatic rings. The lowest BCUT2D eigenvalue weighted by atomic mass is 10.1. The number of nitrogens with zero attached hydrogens (tertiary/aromatic N) is 2. The molecule has 0 saturated carbocycles. The number of halogens is 1. The Morgan fingerprint density at radius 3 is 2.48 bits per heavy atom. The number of benzene rings is 3. The van der Waals surface area contributed by atoms with Gasteiger partial charge >= 0.3 is 5.97 Å². The Morgan fingerprint density at radius 2 is 1.81 bits per heavy atom. The van der Waals surface area contributed by atoms with E-state index in [1.165, 1.54) is 24.4 Å². The minimum atomic E-state index is -0.619. The molecule has 0 saturated heterocycles. The molecule has 9 heteroatoms. The first kappa shape index (κ1) is 21.8. The summed E-state index contributed by atoms with van der Waals surface area (Å²) < 4.78 is 6.23. The predicted octanol–water partition coefficient (Wildman–Crippen LogP) is 4.65. The largest absolute Gasteiger partial charge is 0.422 e. The van der Waals surface area contributed by atoms with E-state index in [-0.39, 0.29) is 17.0 Å². The molecular weight excluding hydrogens is 466 g/mol. The molecule has 1 amide bonds. The van der Waals surface area contributed by atoms with Crippen molar-refractivity contribution in [2.45, 2.75) is 6.92 Å². The van der Waals surface area contributed by atoms with Crippen molar-refractivity contribution < 1.29 is 19.2 Å². The van der Waals surface area contributed by atoms with E-state index in [4.69, 9.17) is 4.74 Å². The predicted molar refractivity (Wildman–Crippen MR) is 118 cm³/mol. The monoisotopic (exact) mass is 481 g/mol. The number of esters is 1. The van der Waals surface area contributed by atoms with Gasteiger partial charge in [0, 0.05) is 27.7 Å². The molecule has 3 rings (SSSR count). The molecule has 0 spiro atoms. The summed E-state index contributed by atoms with van der Waals surface area (Å²) in [6.07, 6.45) is 1.18. The Labute approximate surface area is 185 Å². The van der Waals surface area contributed by atoms with Gasteiger partial charge in [-0.05, 0) is 49.4 Å². The highest BCUT2D eigenvalue weighted by atomic mass is 79.9. The highest BCUT2D eigenvalue weighted by Crippen LogP contribution is 2.24. The SMILES string of the molecule is Cc1cccc(C(=O)Oc2ccc([N+](=O)[O-])cc2/C=N/NC(=O)c2ccc(Br)cc2)c1. The zero-order chi connectivity index (χ0) is 22.4. The minimum absolute atomic E-state index is 0.0683. The number of nitro groups is 1. The molecule has 0 heterocycles. The van der Waals surface area contributed by atoms with Crippen molar-refractivity contribution in [1.82, 2.24) is 5.43 Å². The van der Waals surface area contributed by atoms with Crippen molar-refractivity contribution >= 4 is 39.7 Å². The second-order valence-corrected chi connectivity index (χ2v) is 7.36. The molecule has 0 aromatic heterocycles. The number of carbonyl (C=O) groups excluding carboxylic acids is 2. The number of hydrogen-bond acceptors (Lipinski definition) is 6. The van der Waals surface area contributed by atoms with E-state index in [1.54, 1.807) is 42.5 Å². The lowest BCUT2D eigenvalue weighted by Gasteiger charge is -2.08. The van der Waals surface area contributed by atoms with Gasteiger partial charge in [-0.15, -0.1) is 0 Å². The Hall–Kier alpha value is -3.85. The molecule has 8 nitrogen and oxygen atoms in total. The molecule has 3 aromatic rings. The molecule has 0 bridgehead atoms. The van der Waals surface area contributed by atoms with Crippen LogP contribution in [0.15, 0.2) is 76.3 Å². The molecule has 0 aliphatic heterocycles. The van der Waals surface area contributed by atoms with Crippen LogP contribution >= 0.6 is 15.9 Å². The first-order valence-corrected chi connectivity index (χ1v) is 9.79. The summed E-state index contributed by atoms with van der Waals surface area (Å²) in [5, 5.41) is 15.0. The zero-order valence-corrected chi connectivity index (χ0v) is 17.8. The smallest absolute Gasteiger partial charge is 0.343 e. The molecule has 0 atom stereocenters. The third-order valence-electron chi connectivity index (χ3n) is 4.14. The van der Waals surface area contributed by atoms with Crippen LogP contribution < -0.4 is 10.2 Å². The first-order valence-electron chi connectivity index (χ1n) is 9.00. The Bertz CT molecular complexity index is 1180. The Kier molecular flexibility index (Phi) is 6.88. The maximum absolute atomic E-state index is 12.5. The van der Waals surface area contributed by atoms with E-state index in [2.05, 4.69) is 26.5 Å². The van der Waals surface area contributed by atoms with Gasteiger partial charge in [0.05, 0.1) is 16.7 Å². The van der Waals surface area contributed by atoms with Crippen LogP contribution in [0, 0.1) is 17.0 Å². The Morgan fingerprint density at radius 1 is 1.06 bits per heavy atom. The number of non-ortho nitro benzene ring substituents is 1. The molecule has 1 N–H and O–H groups in total. The minimum Gasteiger partial charge on any atom is -0.422 e. The molecule has 0 unspecified atom stereocenters. The van der Waals surface area contributed by atoms with Crippen LogP contribution in [0.25, 0.3) is 0 Å². The number of rotatable bonds is 6. The fourth-order valence-corrected chi connectivity index (χ4v) is 2.86. The van der Waals surface area contributed by atoms with Crippen molar-refractivity contribution in [2.75, 3.05) is 0 Å². The van der Waals surface area contributed by atoms with E-state index < -0.39 is 16.8 Å². The summed E-state index contributed by atoms with van der Waals surface area (Å²) in [6.45, 7) is 1.84. The normalized spacial score (nSPS) is 10.6. The fraction of sp³-hybridized carbons (Fsp3) is 0.0455. The van der Waals surface area contributed by atoms with Crippen molar-refractivity contribution in [2.24, 2.45) is 5.10 Å². The van der Waals surface area contributed by atoms with Gasteiger partial charge < -0.3 is 4.74 Å². The highest BCUT2D eigenvalue weighted by Gasteiger charge is 2.15. The zero-order valence-electron chi connectivity index (χ0n) is 16.2. The summed E-state index contributed by atoms with van der Waals surface area (Å²) in [7, 11) is 0. The standard InChI is InChI=1S/C22H16BrN3O5/c1-14-3-2-4-16(11-14)22(28)31-20-10-9-19(26(29)30)12-17(20)13-24-25-21(27)15-5-7-18(23)8-6-15/h2-13H,1H3,(H,25,27)/b24-13+. The molecule has 31 heavy (non-hydrogen) atoms. The number of aryl methyl sites for hydroxylation is 1. The number of ether oxygens (including phenoxy) is 1. The summed E-state index contributed by atoms with van der Waals surface area (Å²) in [4.78, 5) is 35.2. The van der Waals surface area contributed by atoms with Gasteiger partial charge in [0.2, 0.25) is 0 Å². The molecule has 0 fully saturated rings. The molecular formula is C22H16BrN3O5. The van der Waals surface area contributed by atoms with Crippen molar-refractivity contribution in [1.29, 1.82) is 0 Å². The molecule has 0 radical (unpaired) electrons. The van der Waals surface area contributed by atoms with Crippen molar-refractivity contribution in [3.63, 3.8) is 0 Å². The first-order chi connectivity index (χ1) is 14.8. The summed E-state index contributed by atoms with van der Waals surface area (Å²) >= 11 is 3.29. The Balaban J connectivity index is 1.81. The molecule has 0 aliphatic carbocycles. The second-order valence-electron chi connectivity index (χ2n) is 6.44. The lowest BCUT2D eigenvalue weighted by molar-refractivity contribution is -0.384. The van der Waals surface area contributed by atoms with E-state index in [0.717, 1.165) is 10.0 Å². The maximum atomic E-state index is 12.5. The van der Waals surface area contributed by atoms with Gasteiger partial charge in [0.15, 0.2) is 0 Å². The number of nitrogens with one attached hydrogen (secondary N) is 1. The van der Waals surface area contributed by atoms with Gasteiger partial charge in [-0.1, -0.05) is 33.6 Å². The summed E-state index contributed by atoms with van der Waals surface area (Å²) in [6, 6.07) is 17.2. The van der Waals surface area contributed by atoms with Crippen LogP contribution in [0.1, 0.15) is 31.8 Å². The maximum Gasteiger partial charge on any atom is 0.343 e. The van der Waals surface area contributed by atoms with Crippen LogP contribution in [0.2, 0.25) is 0 Å². The van der Waals surface area contributed by atoms with Crippen LogP contribution in [-0.2, 0) is 0 Å². The summed E-state index contributed by atoms with van der Waals surface area (Å²) in [5.74, 6) is -1.02. The lowest BCUT2D eigenvalue weighted by Crippen LogP contribution is -2.17. The molecule has 156 valence electrons. The van der Waals surface area contributed by atoms with E-state index in [1.807, 2.05) is 13.0 Å². The molecule has 3 aromatic carbocycles. The summed E-state index contributed by atoms with van der Waals surface area (Å²) in [5.41, 5.74) is 3.89. The van der Waals surface area contributed by atoms with Gasteiger partial charge in [-0.2, -0.15) is 5.10 Å². The fourth-order valence-electron chi connectivity index (χ4n) is 2.60. The average molecular weight is 482 g/mol. The third kappa shape index (κ3) is 5.83. The van der Waals surface area contributed by atoms with Crippen molar-refractivity contribution in [3.05, 3.63) is 104 Å². The highest BCUT2D eigenvalue weighted by molar-refractivity contribution is 9.10. The number of amides is 1. The van der Waals surface area contributed by atoms with Crippen LogP contribution in [0.3, 0.4) is 0 Å². The van der Waals surface area contributed by atoms with Crippen LogP contribution in [0.5, 0.6) is 5.75 Å². The van der Waals surface area contributed by atoms with Crippen molar-refractivity contribution in [3.8, 4) is 5.75 Å². The third-order valence-corrected chi connectivity index (χ3v) is 4.67. The van der Waals surface area contributed by atoms with E-state index in [0.29, 0.717) is 11.1 Å². The number of hydrogen-bond donors (Lipinski definition) is 1. The number of hydrazone groups is 1. The van der Waals surface area contributed by atoms with Crippen LogP contribution in [0.4, 0.5) is 5.69 Å². The topological polar surface area (TPSA) is 111 Å². The second kappa shape index (κ2) is 9.77. The van der Waals surface area contributed by atoms with Gasteiger partial charge in [0.25, 0.3) is 11.6 Å². The van der Waals surface area contributed by atoms with E-state index >= 15 is 0 Å². The quantitative estimate of drug-likeness (QED) is 0.181. The van der Waals surface area contributed by atoms with Crippen LogP contribution in [-0.4, -0.2) is 23.0 Å². The number of carbonyl (C=O) groups is 2. The van der Waals surface area contributed by atoms with Gasteiger partial charge in [0.1, 0.15) is 5.75 Å². The van der Waals surface area contributed by atoms with Gasteiger partial charge in [-0.25, -0.2) is 10.2 Å². The van der Waals surface area contributed by atoms with Gasteiger partial charge in [-0.3, -0.25) is 14.9 Å². The number of nitro benzene ring substituents is 1.